The van der Waals surface area contributed by atoms with Crippen LogP contribution in [0.2, 0.25) is 0 Å². The number of hydrogen-bond acceptors (Lipinski definition) is 3. The van der Waals surface area contributed by atoms with Gasteiger partial charge in [-0.2, -0.15) is 0 Å². The van der Waals surface area contributed by atoms with Crippen molar-refractivity contribution in [3.8, 4) is 0 Å². The Labute approximate surface area is 125 Å². The molecule has 1 atom stereocenters. The number of nitrogen functional groups attached to an aromatic ring is 1. The number of rotatable bonds is 3. The van der Waals surface area contributed by atoms with Crippen molar-refractivity contribution in [2.24, 2.45) is 0 Å². The highest BCUT2D eigenvalue weighted by atomic mass is 32.2. The topological polar surface area (TPSA) is 72.2 Å². The molecule has 5 heteroatoms. The van der Waals surface area contributed by atoms with Crippen LogP contribution in [0.25, 0.3) is 0 Å². The van der Waals surface area contributed by atoms with Gasteiger partial charge in [-0.25, -0.2) is 13.1 Å². The van der Waals surface area contributed by atoms with Gasteiger partial charge in [0.25, 0.3) is 0 Å². The van der Waals surface area contributed by atoms with Crippen LogP contribution in [0.3, 0.4) is 0 Å². The van der Waals surface area contributed by atoms with E-state index in [2.05, 4.69) is 10.8 Å². The quantitative estimate of drug-likeness (QED) is 0.856. The Hall–Kier alpha value is -1.85. The molecule has 0 fully saturated rings. The first-order valence-electron chi connectivity index (χ1n) is 7.02. The summed E-state index contributed by atoms with van der Waals surface area (Å²) in [6, 6.07) is 14.1. The van der Waals surface area contributed by atoms with Crippen LogP contribution in [0.4, 0.5) is 5.69 Å². The molecule has 0 aromatic heterocycles. The lowest BCUT2D eigenvalue weighted by Gasteiger charge is -2.26. The minimum Gasteiger partial charge on any atom is -0.399 e. The van der Waals surface area contributed by atoms with Gasteiger partial charge in [-0.15, -0.1) is 0 Å². The van der Waals surface area contributed by atoms with Crippen molar-refractivity contribution in [1.82, 2.24) is 4.72 Å². The molecule has 0 heterocycles. The number of anilines is 1. The molecule has 1 unspecified atom stereocenters. The fraction of sp³-hybridized carbons (Fsp3) is 0.250. The molecular formula is C16H18N2O2S. The van der Waals surface area contributed by atoms with E-state index in [4.69, 9.17) is 5.73 Å². The van der Waals surface area contributed by atoms with Crippen molar-refractivity contribution in [3.63, 3.8) is 0 Å². The highest BCUT2D eigenvalue weighted by molar-refractivity contribution is 7.89. The summed E-state index contributed by atoms with van der Waals surface area (Å²) >= 11 is 0. The Morgan fingerprint density at radius 2 is 1.76 bits per heavy atom. The average molecular weight is 302 g/mol. The molecule has 1 aliphatic rings. The van der Waals surface area contributed by atoms with E-state index < -0.39 is 10.0 Å². The summed E-state index contributed by atoms with van der Waals surface area (Å²) in [5.74, 6) is 0. The molecule has 0 saturated heterocycles. The van der Waals surface area contributed by atoms with Crippen LogP contribution in [0.5, 0.6) is 0 Å². The normalized spacial score (nSPS) is 18.2. The van der Waals surface area contributed by atoms with E-state index >= 15 is 0 Å². The molecule has 0 saturated carbocycles. The maximum atomic E-state index is 12.5. The fourth-order valence-corrected chi connectivity index (χ4v) is 4.03. The predicted octanol–water partition coefficient (Wildman–Crippen LogP) is 2.62. The third-order valence-electron chi connectivity index (χ3n) is 3.86. The van der Waals surface area contributed by atoms with Gasteiger partial charge in [-0.3, -0.25) is 0 Å². The Kier molecular flexibility index (Phi) is 3.69. The predicted molar refractivity (Wildman–Crippen MR) is 83.3 cm³/mol. The number of benzene rings is 2. The van der Waals surface area contributed by atoms with Crippen molar-refractivity contribution in [2.45, 2.75) is 30.2 Å². The van der Waals surface area contributed by atoms with Gasteiger partial charge in [0.15, 0.2) is 0 Å². The van der Waals surface area contributed by atoms with Crippen LogP contribution >= 0.6 is 0 Å². The van der Waals surface area contributed by atoms with E-state index in [0.29, 0.717) is 5.69 Å². The summed E-state index contributed by atoms with van der Waals surface area (Å²) in [4.78, 5) is 0.250. The van der Waals surface area contributed by atoms with E-state index in [0.717, 1.165) is 24.8 Å². The highest BCUT2D eigenvalue weighted by Crippen LogP contribution is 2.30. The Bertz CT molecular complexity index is 739. The zero-order valence-corrected chi connectivity index (χ0v) is 12.4. The second-order valence-electron chi connectivity index (χ2n) is 5.33. The SMILES string of the molecule is Nc1ccc(S(=O)(=O)NC2CCCc3ccccc32)cc1. The van der Waals surface area contributed by atoms with Crippen LogP contribution in [0.1, 0.15) is 30.0 Å². The molecule has 0 amide bonds. The molecule has 3 N–H and O–H groups in total. The van der Waals surface area contributed by atoms with Crippen LogP contribution in [-0.4, -0.2) is 8.42 Å². The van der Waals surface area contributed by atoms with Gasteiger partial charge in [-0.1, -0.05) is 24.3 Å². The molecule has 1 aliphatic carbocycles. The summed E-state index contributed by atoms with van der Waals surface area (Å²) in [5, 5.41) is 0. The average Bonchev–Trinajstić information content (AvgIpc) is 2.48. The summed E-state index contributed by atoms with van der Waals surface area (Å²) in [5.41, 5.74) is 8.47. The second-order valence-corrected chi connectivity index (χ2v) is 7.05. The number of aryl methyl sites for hydroxylation is 1. The first-order valence-corrected chi connectivity index (χ1v) is 8.50. The van der Waals surface area contributed by atoms with Gasteiger partial charge in [-0.05, 0) is 54.7 Å². The molecular weight excluding hydrogens is 284 g/mol. The Morgan fingerprint density at radius 1 is 1.05 bits per heavy atom. The molecule has 0 spiro atoms. The van der Waals surface area contributed by atoms with Crippen molar-refractivity contribution in [3.05, 3.63) is 59.7 Å². The molecule has 4 nitrogen and oxygen atoms in total. The largest absolute Gasteiger partial charge is 0.399 e. The number of nitrogens with one attached hydrogen (secondary N) is 1. The summed E-state index contributed by atoms with van der Waals surface area (Å²) in [6.07, 6.45) is 2.83. The lowest BCUT2D eigenvalue weighted by Crippen LogP contribution is -2.31. The van der Waals surface area contributed by atoms with Crippen LogP contribution < -0.4 is 10.5 Å². The van der Waals surface area contributed by atoms with Crippen molar-refractivity contribution < 1.29 is 8.42 Å². The first kappa shape index (κ1) is 14.1. The molecule has 0 radical (unpaired) electrons. The van der Waals surface area contributed by atoms with Gasteiger partial charge in [0.1, 0.15) is 0 Å². The van der Waals surface area contributed by atoms with Gasteiger partial charge in [0.2, 0.25) is 10.0 Å². The van der Waals surface area contributed by atoms with Crippen molar-refractivity contribution in [2.75, 3.05) is 5.73 Å². The lowest BCUT2D eigenvalue weighted by atomic mass is 9.88. The van der Waals surface area contributed by atoms with Crippen LogP contribution in [0, 0.1) is 0 Å². The standard InChI is InChI=1S/C16H18N2O2S/c17-13-8-10-14(11-9-13)21(19,20)18-16-7-3-5-12-4-1-2-6-15(12)16/h1-2,4,6,8-11,16,18H,3,5,7,17H2. The number of sulfonamides is 1. The van der Waals surface area contributed by atoms with Gasteiger partial charge >= 0.3 is 0 Å². The minimum absolute atomic E-state index is 0.155. The summed E-state index contributed by atoms with van der Waals surface area (Å²) < 4.78 is 27.8. The zero-order chi connectivity index (χ0) is 14.9. The molecule has 21 heavy (non-hydrogen) atoms. The lowest BCUT2D eigenvalue weighted by molar-refractivity contribution is 0.507. The van der Waals surface area contributed by atoms with Gasteiger partial charge < -0.3 is 5.73 Å². The summed E-state index contributed by atoms with van der Waals surface area (Å²) in [7, 11) is -3.52. The first-order chi connectivity index (χ1) is 10.1. The maximum absolute atomic E-state index is 12.5. The Balaban J connectivity index is 1.88. The summed E-state index contributed by atoms with van der Waals surface area (Å²) in [6.45, 7) is 0. The number of nitrogens with two attached hydrogens (primary N) is 1. The smallest absolute Gasteiger partial charge is 0.241 e. The molecule has 0 aliphatic heterocycles. The third-order valence-corrected chi connectivity index (χ3v) is 5.34. The third kappa shape index (κ3) is 2.94. The molecule has 2 aromatic rings. The van der Waals surface area contributed by atoms with E-state index in [1.54, 1.807) is 12.1 Å². The molecule has 3 rings (SSSR count). The maximum Gasteiger partial charge on any atom is 0.241 e. The van der Waals surface area contributed by atoms with E-state index in [9.17, 15) is 8.42 Å². The molecule has 110 valence electrons. The van der Waals surface area contributed by atoms with Gasteiger partial charge in [0, 0.05) is 11.7 Å². The monoisotopic (exact) mass is 302 g/mol. The molecule has 0 bridgehead atoms. The number of hydrogen-bond donors (Lipinski definition) is 2. The zero-order valence-electron chi connectivity index (χ0n) is 11.6. The van der Waals surface area contributed by atoms with E-state index in [1.807, 2.05) is 18.2 Å². The van der Waals surface area contributed by atoms with Gasteiger partial charge in [0.05, 0.1) is 4.90 Å². The Morgan fingerprint density at radius 3 is 2.52 bits per heavy atom. The minimum atomic E-state index is -3.52. The van der Waals surface area contributed by atoms with E-state index in [1.165, 1.54) is 17.7 Å². The van der Waals surface area contributed by atoms with Crippen molar-refractivity contribution >= 4 is 15.7 Å². The molecule has 2 aromatic carbocycles. The highest BCUT2D eigenvalue weighted by Gasteiger charge is 2.25. The second kappa shape index (κ2) is 5.50. The van der Waals surface area contributed by atoms with E-state index in [-0.39, 0.29) is 10.9 Å². The fourth-order valence-electron chi connectivity index (χ4n) is 2.78. The number of fused-ring (bicyclic) bond motifs is 1. The van der Waals surface area contributed by atoms with Crippen molar-refractivity contribution in [1.29, 1.82) is 0 Å². The van der Waals surface area contributed by atoms with Crippen LogP contribution in [-0.2, 0) is 16.4 Å². The van der Waals surface area contributed by atoms with Crippen LogP contribution in [0.15, 0.2) is 53.4 Å².